The number of nitrogens with zero attached hydrogens (tertiary/aromatic N) is 1. The molecule has 0 radical (unpaired) electrons. The predicted octanol–water partition coefficient (Wildman–Crippen LogP) is 2.64. The summed E-state index contributed by atoms with van der Waals surface area (Å²) in [5, 5.41) is 5.74. The highest BCUT2D eigenvalue weighted by molar-refractivity contribution is 5.96. The Bertz CT molecular complexity index is 506. The summed E-state index contributed by atoms with van der Waals surface area (Å²) in [7, 11) is 0. The summed E-state index contributed by atoms with van der Waals surface area (Å²) in [6.07, 6.45) is 5.79. The number of anilines is 1. The third-order valence-corrected chi connectivity index (χ3v) is 4.03. The number of likely N-dealkylation sites (tertiary alicyclic amines) is 1. The molecular weight excluding hydrogens is 290 g/mol. The van der Waals surface area contributed by atoms with Crippen LogP contribution in [0.1, 0.15) is 49.4 Å². The van der Waals surface area contributed by atoms with Gasteiger partial charge in [-0.15, -0.1) is 0 Å². The summed E-state index contributed by atoms with van der Waals surface area (Å²) < 4.78 is 0. The highest BCUT2D eigenvalue weighted by Crippen LogP contribution is 2.12. The number of benzene rings is 1. The quantitative estimate of drug-likeness (QED) is 0.848. The van der Waals surface area contributed by atoms with Crippen LogP contribution in [0.4, 0.5) is 5.69 Å². The van der Waals surface area contributed by atoms with Crippen molar-refractivity contribution in [1.29, 1.82) is 0 Å². The van der Waals surface area contributed by atoms with Gasteiger partial charge >= 0.3 is 0 Å². The van der Waals surface area contributed by atoms with Crippen LogP contribution in [0.2, 0.25) is 0 Å². The van der Waals surface area contributed by atoms with E-state index < -0.39 is 0 Å². The van der Waals surface area contributed by atoms with Crippen LogP contribution in [0.5, 0.6) is 0 Å². The second-order valence-electron chi connectivity index (χ2n) is 6.07. The van der Waals surface area contributed by atoms with Crippen molar-refractivity contribution < 1.29 is 9.59 Å². The van der Waals surface area contributed by atoms with E-state index >= 15 is 0 Å². The molecule has 1 saturated heterocycles. The van der Waals surface area contributed by atoms with E-state index in [1.54, 1.807) is 24.3 Å². The summed E-state index contributed by atoms with van der Waals surface area (Å²) in [6.45, 7) is 5.14. The van der Waals surface area contributed by atoms with Gasteiger partial charge in [0.25, 0.3) is 5.91 Å². The molecule has 1 aliphatic heterocycles. The van der Waals surface area contributed by atoms with E-state index in [0.717, 1.165) is 25.2 Å². The molecule has 1 fully saturated rings. The minimum absolute atomic E-state index is 0.00934. The number of carbonyl (C=O) groups excluding carboxylic acids is 2. The van der Waals surface area contributed by atoms with Gasteiger partial charge in [0.15, 0.2) is 0 Å². The van der Waals surface area contributed by atoms with Crippen molar-refractivity contribution in [2.75, 3.05) is 31.5 Å². The maximum Gasteiger partial charge on any atom is 0.251 e. The van der Waals surface area contributed by atoms with Crippen LogP contribution in [0.3, 0.4) is 0 Å². The first-order valence-corrected chi connectivity index (χ1v) is 8.59. The van der Waals surface area contributed by atoms with Gasteiger partial charge in [-0.2, -0.15) is 0 Å². The summed E-state index contributed by atoms with van der Waals surface area (Å²) in [5.74, 6) is -0.0654. The van der Waals surface area contributed by atoms with Gasteiger partial charge in [-0.05, 0) is 56.6 Å². The molecule has 2 N–H and O–H groups in total. The lowest BCUT2D eigenvalue weighted by molar-refractivity contribution is -0.117. The number of hydrogen-bond acceptors (Lipinski definition) is 3. The third-order valence-electron chi connectivity index (χ3n) is 4.03. The molecule has 2 amide bonds. The van der Waals surface area contributed by atoms with E-state index in [1.165, 1.54) is 25.7 Å². The lowest BCUT2D eigenvalue weighted by Crippen LogP contribution is -2.33. The van der Waals surface area contributed by atoms with Crippen molar-refractivity contribution in [1.82, 2.24) is 10.2 Å². The molecule has 126 valence electrons. The topological polar surface area (TPSA) is 61.4 Å². The number of rotatable bonds is 6. The average molecular weight is 317 g/mol. The third kappa shape index (κ3) is 6.02. The maximum absolute atomic E-state index is 12.1. The molecule has 0 spiro atoms. The zero-order chi connectivity index (χ0) is 16.5. The highest BCUT2D eigenvalue weighted by Gasteiger charge is 2.13. The van der Waals surface area contributed by atoms with Crippen molar-refractivity contribution in [3.63, 3.8) is 0 Å². The van der Waals surface area contributed by atoms with Crippen LogP contribution in [-0.4, -0.2) is 42.9 Å². The molecule has 1 aromatic carbocycles. The molecule has 1 aromatic rings. The molecule has 0 unspecified atom stereocenters. The molecule has 0 aliphatic carbocycles. The normalized spacial score (nSPS) is 15.7. The van der Waals surface area contributed by atoms with Gasteiger partial charge in [0.05, 0.1) is 6.54 Å². The van der Waals surface area contributed by atoms with E-state index in [0.29, 0.717) is 18.7 Å². The molecule has 5 heteroatoms. The first-order chi connectivity index (χ1) is 11.2. The standard InChI is InChI=1S/C18H27N3O2/c1-2-11-19-18(23)15-7-9-16(10-8-15)20-17(22)14-21-12-5-3-4-6-13-21/h7-10H,2-6,11-14H2,1H3,(H,19,23)(H,20,22). The van der Waals surface area contributed by atoms with Gasteiger partial charge in [0.1, 0.15) is 0 Å². The largest absolute Gasteiger partial charge is 0.352 e. The van der Waals surface area contributed by atoms with Crippen LogP contribution in [0, 0.1) is 0 Å². The number of hydrogen-bond donors (Lipinski definition) is 2. The fourth-order valence-electron chi connectivity index (χ4n) is 2.74. The van der Waals surface area contributed by atoms with Crippen LogP contribution in [0.15, 0.2) is 24.3 Å². The van der Waals surface area contributed by atoms with Gasteiger partial charge in [0, 0.05) is 17.8 Å². The fraction of sp³-hybridized carbons (Fsp3) is 0.556. The van der Waals surface area contributed by atoms with Crippen LogP contribution < -0.4 is 10.6 Å². The highest BCUT2D eigenvalue weighted by atomic mass is 16.2. The molecule has 23 heavy (non-hydrogen) atoms. The van der Waals surface area contributed by atoms with Crippen LogP contribution in [0.25, 0.3) is 0 Å². The average Bonchev–Trinajstić information content (AvgIpc) is 2.82. The fourth-order valence-corrected chi connectivity index (χ4v) is 2.74. The van der Waals surface area contributed by atoms with Gasteiger partial charge in [0.2, 0.25) is 5.91 Å². The monoisotopic (exact) mass is 317 g/mol. The minimum atomic E-state index is -0.0747. The lowest BCUT2D eigenvalue weighted by atomic mass is 10.2. The van der Waals surface area contributed by atoms with Gasteiger partial charge in [-0.3, -0.25) is 14.5 Å². The van der Waals surface area contributed by atoms with E-state index in [1.807, 2.05) is 6.92 Å². The second-order valence-corrected chi connectivity index (χ2v) is 6.07. The molecule has 5 nitrogen and oxygen atoms in total. The molecule has 0 aromatic heterocycles. The molecule has 0 bridgehead atoms. The lowest BCUT2D eigenvalue weighted by Gasteiger charge is -2.19. The molecule has 0 atom stereocenters. The number of nitrogens with one attached hydrogen (secondary N) is 2. The van der Waals surface area contributed by atoms with E-state index in [4.69, 9.17) is 0 Å². The van der Waals surface area contributed by atoms with Crippen LogP contribution >= 0.6 is 0 Å². The zero-order valence-corrected chi connectivity index (χ0v) is 13.9. The Hall–Kier alpha value is -1.88. The Labute approximate surface area is 138 Å². The summed E-state index contributed by atoms with van der Waals surface area (Å²) in [5.41, 5.74) is 1.35. The van der Waals surface area contributed by atoms with E-state index in [-0.39, 0.29) is 11.8 Å². The number of carbonyl (C=O) groups is 2. The Morgan fingerprint density at radius 3 is 2.30 bits per heavy atom. The molecular formula is C18H27N3O2. The van der Waals surface area contributed by atoms with Gasteiger partial charge in [-0.1, -0.05) is 19.8 Å². The molecule has 2 rings (SSSR count). The summed E-state index contributed by atoms with van der Waals surface area (Å²) >= 11 is 0. The van der Waals surface area contributed by atoms with Crippen molar-refractivity contribution in [3.05, 3.63) is 29.8 Å². The maximum atomic E-state index is 12.1. The Kier molecular flexibility index (Phi) is 7.07. The first-order valence-electron chi connectivity index (χ1n) is 8.59. The summed E-state index contributed by atoms with van der Waals surface area (Å²) in [6, 6.07) is 7.04. The van der Waals surface area contributed by atoms with Gasteiger partial charge in [-0.25, -0.2) is 0 Å². The minimum Gasteiger partial charge on any atom is -0.352 e. The Morgan fingerprint density at radius 2 is 1.70 bits per heavy atom. The predicted molar refractivity (Wildman–Crippen MR) is 92.6 cm³/mol. The Morgan fingerprint density at radius 1 is 1.04 bits per heavy atom. The van der Waals surface area contributed by atoms with Crippen molar-refractivity contribution in [2.24, 2.45) is 0 Å². The SMILES string of the molecule is CCCNC(=O)c1ccc(NC(=O)CN2CCCCCC2)cc1. The molecule has 1 aliphatic rings. The molecule has 0 saturated carbocycles. The summed E-state index contributed by atoms with van der Waals surface area (Å²) in [4.78, 5) is 26.2. The van der Waals surface area contributed by atoms with E-state index in [9.17, 15) is 9.59 Å². The van der Waals surface area contributed by atoms with E-state index in [2.05, 4.69) is 15.5 Å². The van der Waals surface area contributed by atoms with Crippen LogP contribution in [-0.2, 0) is 4.79 Å². The number of amides is 2. The Balaban J connectivity index is 1.82. The molecule has 1 heterocycles. The van der Waals surface area contributed by atoms with Gasteiger partial charge < -0.3 is 10.6 Å². The smallest absolute Gasteiger partial charge is 0.251 e. The second kappa shape index (κ2) is 9.30. The van der Waals surface area contributed by atoms with Crippen molar-refractivity contribution in [3.8, 4) is 0 Å². The van der Waals surface area contributed by atoms with Crippen molar-refractivity contribution in [2.45, 2.75) is 39.0 Å². The van der Waals surface area contributed by atoms with Crippen molar-refractivity contribution >= 4 is 17.5 Å². The zero-order valence-electron chi connectivity index (χ0n) is 13.9. The first kappa shape index (κ1) is 17.5.